The zero-order valence-corrected chi connectivity index (χ0v) is 11.3. The topological polar surface area (TPSA) is 54.4 Å². The van der Waals surface area contributed by atoms with Crippen LogP contribution in [0.4, 0.5) is 0 Å². The van der Waals surface area contributed by atoms with E-state index in [1.807, 2.05) is 38.1 Å². The molecule has 19 heavy (non-hydrogen) atoms. The number of ether oxygens (including phenoxy) is 1. The lowest BCUT2D eigenvalue weighted by Gasteiger charge is -2.15. The van der Waals surface area contributed by atoms with E-state index in [1.165, 1.54) is 0 Å². The van der Waals surface area contributed by atoms with Crippen LogP contribution in [0.25, 0.3) is 10.8 Å². The lowest BCUT2D eigenvalue weighted by atomic mass is 10.1. The summed E-state index contributed by atoms with van der Waals surface area (Å²) in [4.78, 5) is 4.08. The Morgan fingerprint density at radius 2 is 2.16 bits per heavy atom. The third-order valence-electron chi connectivity index (χ3n) is 2.83. The minimum atomic E-state index is -0.514. The van der Waals surface area contributed by atoms with Crippen molar-refractivity contribution in [2.24, 2.45) is 0 Å². The number of rotatable bonds is 6. The number of aromatic nitrogens is 1. The highest BCUT2D eigenvalue weighted by molar-refractivity contribution is 5.87. The molecule has 4 nitrogen and oxygen atoms in total. The van der Waals surface area contributed by atoms with Gasteiger partial charge in [-0.05, 0) is 12.1 Å². The van der Waals surface area contributed by atoms with Crippen molar-refractivity contribution < 1.29 is 9.84 Å². The number of benzene rings is 1. The number of hydrogen-bond donors (Lipinski definition) is 2. The van der Waals surface area contributed by atoms with E-state index in [9.17, 15) is 5.11 Å². The molecule has 1 aromatic carbocycles. The van der Waals surface area contributed by atoms with Crippen molar-refractivity contribution in [2.45, 2.75) is 26.0 Å². The molecule has 0 saturated heterocycles. The predicted octanol–water partition coefficient (Wildman–Crippen LogP) is 1.97. The lowest BCUT2D eigenvalue weighted by Crippen LogP contribution is -2.35. The lowest BCUT2D eigenvalue weighted by molar-refractivity contribution is 0.105. The molecule has 0 aliphatic carbocycles. The number of aliphatic hydroxyl groups is 1. The fourth-order valence-electron chi connectivity index (χ4n) is 1.84. The van der Waals surface area contributed by atoms with Crippen molar-refractivity contribution >= 4 is 10.8 Å². The first kappa shape index (κ1) is 13.8. The quantitative estimate of drug-likeness (QED) is 0.834. The molecule has 2 rings (SSSR count). The fraction of sp³-hybridized carbons (Fsp3) is 0.400. The van der Waals surface area contributed by atoms with Gasteiger partial charge in [0.05, 0.1) is 0 Å². The molecule has 1 aromatic heterocycles. The summed E-state index contributed by atoms with van der Waals surface area (Å²) < 4.78 is 5.70. The number of fused-ring (bicyclic) bond motifs is 1. The van der Waals surface area contributed by atoms with Crippen LogP contribution in [-0.4, -0.2) is 35.4 Å². The zero-order valence-electron chi connectivity index (χ0n) is 11.3. The summed E-state index contributed by atoms with van der Waals surface area (Å²) in [5, 5.41) is 15.1. The largest absolute Gasteiger partial charge is 0.490 e. The van der Waals surface area contributed by atoms with E-state index in [0.29, 0.717) is 12.6 Å². The van der Waals surface area contributed by atoms with Crippen molar-refractivity contribution in [3.8, 4) is 5.75 Å². The first-order valence-electron chi connectivity index (χ1n) is 6.54. The monoisotopic (exact) mass is 260 g/mol. The van der Waals surface area contributed by atoms with Gasteiger partial charge in [0.2, 0.25) is 0 Å². The molecule has 0 amide bonds. The second-order valence-corrected chi connectivity index (χ2v) is 4.88. The van der Waals surface area contributed by atoms with Crippen molar-refractivity contribution in [1.29, 1.82) is 0 Å². The van der Waals surface area contributed by atoms with Crippen molar-refractivity contribution in [3.63, 3.8) is 0 Å². The summed E-state index contributed by atoms with van der Waals surface area (Å²) in [6.45, 7) is 4.90. The molecule has 2 aromatic rings. The minimum Gasteiger partial charge on any atom is -0.490 e. The summed E-state index contributed by atoms with van der Waals surface area (Å²) in [5.74, 6) is 0.781. The Morgan fingerprint density at radius 3 is 2.95 bits per heavy atom. The van der Waals surface area contributed by atoms with Gasteiger partial charge in [-0.1, -0.05) is 26.0 Å². The molecule has 0 fully saturated rings. The molecular formula is C15H20N2O2. The molecule has 1 atom stereocenters. The van der Waals surface area contributed by atoms with Gasteiger partial charge in [0.25, 0.3) is 0 Å². The number of hydrogen-bond acceptors (Lipinski definition) is 4. The standard InChI is InChI=1S/C15H20N2O2/c1-11(2)17-9-13(18)10-19-15-5-3-4-12-8-16-7-6-14(12)15/h3-8,11,13,17-18H,9-10H2,1-2H3/t13-/m1/s1. The maximum absolute atomic E-state index is 9.83. The predicted molar refractivity (Wildman–Crippen MR) is 76.4 cm³/mol. The van der Waals surface area contributed by atoms with Crippen LogP contribution >= 0.6 is 0 Å². The highest BCUT2D eigenvalue weighted by Gasteiger charge is 2.07. The number of pyridine rings is 1. The molecule has 0 unspecified atom stereocenters. The summed E-state index contributed by atoms with van der Waals surface area (Å²) >= 11 is 0. The second-order valence-electron chi connectivity index (χ2n) is 4.88. The van der Waals surface area contributed by atoms with Crippen LogP contribution < -0.4 is 10.1 Å². The maximum Gasteiger partial charge on any atom is 0.127 e. The fourth-order valence-corrected chi connectivity index (χ4v) is 1.84. The highest BCUT2D eigenvalue weighted by Crippen LogP contribution is 2.24. The summed E-state index contributed by atoms with van der Waals surface area (Å²) in [6, 6.07) is 8.11. The second kappa shape index (κ2) is 6.50. The van der Waals surface area contributed by atoms with Crippen molar-refractivity contribution in [1.82, 2.24) is 10.3 Å². The van der Waals surface area contributed by atoms with Crippen LogP contribution in [0.15, 0.2) is 36.7 Å². The summed E-state index contributed by atoms with van der Waals surface area (Å²) in [6.07, 6.45) is 3.03. The van der Waals surface area contributed by atoms with Gasteiger partial charge in [-0.15, -0.1) is 0 Å². The number of nitrogens with zero attached hydrogens (tertiary/aromatic N) is 1. The van der Waals surface area contributed by atoms with Gasteiger partial charge in [0.15, 0.2) is 0 Å². The molecule has 0 saturated carbocycles. The van der Waals surface area contributed by atoms with Gasteiger partial charge in [-0.25, -0.2) is 0 Å². The van der Waals surface area contributed by atoms with Gasteiger partial charge in [-0.3, -0.25) is 4.98 Å². The molecule has 0 spiro atoms. The highest BCUT2D eigenvalue weighted by atomic mass is 16.5. The Labute approximate surface area is 113 Å². The van der Waals surface area contributed by atoms with E-state index in [1.54, 1.807) is 12.4 Å². The average Bonchev–Trinajstić information content (AvgIpc) is 2.42. The van der Waals surface area contributed by atoms with Crippen LogP contribution in [0.1, 0.15) is 13.8 Å². The Bertz CT molecular complexity index is 523. The van der Waals surface area contributed by atoms with Gasteiger partial charge < -0.3 is 15.2 Å². The first-order chi connectivity index (χ1) is 9.16. The summed E-state index contributed by atoms with van der Waals surface area (Å²) in [5.41, 5.74) is 0. The molecule has 0 radical (unpaired) electrons. The van der Waals surface area contributed by atoms with Crippen LogP contribution in [0.2, 0.25) is 0 Å². The number of nitrogens with one attached hydrogen (secondary N) is 1. The molecule has 2 N–H and O–H groups in total. The van der Waals surface area contributed by atoms with E-state index in [4.69, 9.17) is 4.74 Å². The van der Waals surface area contributed by atoms with Gasteiger partial charge in [-0.2, -0.15) is 0 Å². The average molecular weight is 260 g/mol. The molecule has 0 bridgehead atoms. The maximum atomic E-state index is 9.83. The Balaban J connectivity index is 1.98. The van der Waals surface area contributed by atoms with Crippen LogP contribution in [0.5, 0.6) is 5.75 Å². The van der Waals surface area contributed by atoms with E-state index in [0.717, 1.165) is 16.5 Å². The molecule has 4 heteroatoms. The van der Waals surface area contributed by atoms with Crippen LogP contribution in [-0.2, 0) is 0 Å². The normalized spacial score (nSPS) is 12.8. The van der Waals surface area contributed by atoms with E-state index in [-0.39, 0.29) is 6.61 Å². The third kappa shape index (κ3) is 3.91. The third-order valence-corrected chi connectivity index (χ3v) is 2.83. The molecule has 102 valence electrons. The molecule has 0 aliphatic rings. The molecule has 1 heterocycles. The van der Waals surface area contributed by atoms with Gasteiger partial charge >= 0.3 is 0 Å². The van der Waals surface area contributed by atoms with Crippen molar-refractivity contribution in [2.75, 3.05) is 13.2 Å². The van der Waals surface area contributed by atoms with E-state index < -0.39 is 6.10 Å². The zero-order chi connectivity index (χ0) is 13.7. The molecule has 0 aliphatic heterocycles. The van der Waals surface area contributed by atoms with Crippen molar-refractivity contribution in [3.05, 3.63) is 36.7 Å². The Morgan fingerprint density at radius 1 is 1.32 bits per heavy atom. The van der Waals surface area contributed by atoms with E-state index >= 15 is 0 Å². The first-order valence-corrected chi connectivity index (χ1v) is 6.54. The molecular weight excluding hydrogens is 240 g/mol. The van der Waals surface area contributed by atoms with Gasteiger partial charge in [0, 0.05) is 35.8 Å². The van der Waals surface area contributed by atoms with Crippen LogP contribution in [0, 0.1) is 0 Å². The van der Waals surface area contributed by atoms with Gasteiger partial charge in [0.1, 0.15) is 18.5 Å². The SMILES string of the molecule is CC(C)NC[C@@H](O)COc1cccc2cnccc12. The Hall–Kier alpha value is -1.65. The smallest absolute Gasteiger partial charge is 0.127 e. The summed E-state index contributed by atoms with van der Waals surface area (Å²) in [7, 11) is 0. The minimum absolute atomic E-state index is 0.279. The van der Waals surface area contributed by atoms with E-state index in [2.05, 4.69) is 10.3 Å². The van der Waals surface area contributed by atoms with Crippen LogP contribution in [0.3, 0.4) is 0 Å². The number of aliphatic hydroxyl groups excluding tert-OH is 1. The Kier molecular flexibility index (Phi) is 4.71.